The van der Waals surface area contributed by atoms with Crippen LogP contribution in [0.5, 0.6) is 0 Å². The average Bonchev–Trinajstić information content (AvgIpc) is 2.72. The number of anilines is 2. The Balaban J connectivity index is 1.58. The normalized spacial score (nSPS) is 27.9. The van der Waals surface area contributed by atoms with Crippen LogP contribution in [0.2, 0.25) is 0 Å². The summed E-state index contributed by atoms with van der Waals surface area (Å²) in [6, 6.07) is 0. The third-order valence-corrected chi connectivity index (χ3v) is 6.22. The summed E-state index contributed by atoms with van der Waals surface area (Å²) in [6.07, 6.45) is 9.31. The zero-order chi connectivity index (χ0) is 19.9. The highest BCUT2D eigenvalue weighted by atomic mass is 16.6. The van der Waals surface area contributed by atoms with Gasteiger partial charge < -0.3 is 21.5 Å². The molecule has 9 nitrogen and oxygen atoms in total. The van der Waals surface area contributed by atoms with Gasteiger partial charge >= 0.3 is 5.69 Å². The smallest absolute Gasteiger partial charge is 0.329 e. The van der Waals surface area contributed by atoms with E-state index in [9.17, 15) is 15.2 Å². The number of nitrogens with zero attached hydrogens (tertiary/aromatic N) is 3. The number of hydrogen-bond acceptors (Lipinski definition) is 8. The van der Waals surface area contributed by atoms with Crippen molar-refractivity contribution in [1.82, 2.24) is 9.97 Å². The van der Waals surface area contributed by atoms with Crippen molar-refractivity contribution < 1.29 is 10.0 Å². The highest BCUT2D eigenvalue weighted by molar-refractivity contribution is 5.57. The predicted molar refractivity (Wildman–Crippen MR) is 108 cm³/mol. The fraction of sp³-hybridized carbons (Fsp3) is 0.789. The van der Waals surface area contributed by atoms with Crippen LogP contribution in [0, 0.1) is 27.9 Å². The van der Waals surface area contributed by atoms with E-state index in [1.807, 2.05) is 0 Å². The molecule has 0 aliphatic heterocycles. The lowest BCUT2D eigenvalue weighted by Gasteiger charge is -2.28. The Morgan fingerprint density at radius 2 is 1.82 bits per heavy atom. The quantitative estimate of drug-likeness (QED) is 0.391. The van der Waals surface area contributed by atoms with Gasteiger partial charge in [0, 0.05) is 19.0 Å². The van der Waals surface area contributed by atoms with Crippen molar-refractivity contribution in [2.75, 3.05) is 30.3 Å². The maximum atomic E-state index is 11.3. The van der Waals surface area contributed by atoms with E-state index < -0.39 is 4.92 Å². The number of hydrogen-bond donors (Lipinski definition) is 4. The van der Waals surface area contributed by atoms with Crippen LogP contribution in [-0.2, 0) is 0 Å². The first kappa shape index (κ1) is 20.7. The maximum absolute atomic E-state index is 11.3. The van der Waals surface area contributed by atoms with Crippen LogP contribution in [0.15, 0.2) is 6.20 Å². The lowest BCUT2D eigenvalue weighted by atomic mass is 9.82. The highest BCUT2D eigenvalue weighted by Crippen LogP contribution is 2.30. The first-order valence-electron chi connectivity index (χ1n) is 10.4. The Morgan fingerprint density at radius 3 is 2.50 bits per heavy atom. The summed E-state index contributed by atoms with van der Waals surface area (Å²) in [6.45, 7) is 1.97. The summed E-state index contributed by atoms with van der Waals surface area (Å²) in [5.41, 5.74) is 5.63. The van der Waals surface area contributed by atoms with Crippen molar-refractivity contribution in [3.8, 4) is 0 Å². The molecule has 0 aromatic carbocycles. The number of aliphatic hydroxyl groups excluding tert-OH is 1. The highest BCUT2D eigenvalue weighted by Gasteiger charge is 2.25. The first-order valence-corrected chi connectivity index (χ1v) is 10.4. The zero-order valence-corrected chi connectivity index (χ0v) is 16.3. The Kier molecular flexibility index (Phi) is 7.38. The fourth-order valence-corrected chi connectivity index (χ4v) is 4.29. The van der Waals surface area contributed by atoms with Gasteiger partial charge in [-0.1, -0.05) is 12.8 Å². The number of nitrogens with one attached hydrogen (secondary N) is 2. The van der Waals surface area contributed by atoms with Crippen LogP contribution in [-0.4, -0.2) is 45.7 Å². The Morgan fingerprint density at radius 1 is 1.11 bits per heavy atom. The molecule has 156 valence electrons. The standard InChI is InChI=1S/C19H32N6O3/c20-9-13-5-7-14(8-6-13)10-21-18-16(25(27)28)12-23-19(24-18)22-11-15-3-1-2-4-17(15)26/h12-15,17,26H,1-11,20H2,(H2,21,22,23,24)/t13?,14?,15-,17?/m1/s1. The van der Waals surface area contributed by atoms with Gasteiger partial charge in [0.2, 0.25) is 11.8 Å². The first-order chi connectivity index (χ1) is 13.6. The van der Waals surface area contributed by atoms with Gasteiger partial charge in [0.1, 0.15) is 6.20 Å². The summed E-state index contributed by atoms with van der Waals surface area (Å²) in [7, 11) is 0. The fourth-order valence-electron chi connectivity index (χ4n) is 4.29. The Bertz CT molecular complexity index is 651. The third-order valence-electron chi connectivity index (χ3n) is 6.22. The molecular weight excluding hydrogens is 360 g/mol. The van der Waals surface area contributed by atoms with Gasteiger partial charge in [0.05, 0.1) is 11.0 Å². The molecular formula is C19H32N6O3. The molecule has 28 heavy (non-hydrogen) atoms. The van der Waals surface area contributed by atoms with E-state index in [4.69, 9.17) is 5.73 Å². The van der Waals surface area contributed by atoms with Crippen molar-refractivity contribution in [3.63, 3.8) is 0 Å². The molecule has 0 amide bonds. The van der Waals surface area contributed by atoms with E-state index in [1.54, 1.807) is 0 Å². The Hall–Kier alpha value is -2.00. The number of aliphatic hydroxyl groups is 1. The largest absolute Gasteiger partial charge is 0.393 e. The molecule has 0 bridgehead atoms. The summed E-state index contributed by atoms with van der Waals surface area (Å²) in [5.74, 6) is 1.87. The monoisotopic (exact) mass is 392 g/mol. The van der Waals surface area contributed by atoms with Crippen LogP contribution in [0.1, 0.15) is 51.4 Å². The van der Waals surface area contributed by atoms with Gasteiger partial charge in [0.15, 0.2) is 0 Å². The molecule has 5 N–H and O–H groups in total. The molecule has 2 aliphatic carbocycles. The van der Waals surface area contributed by atoms with Crippen molar-refractivity contribution in [3.05, 3.63) is 16.3 Å². The van der Waals surface area contributed by atoms with Crippen LogP contribution in [0.4, 0.5) is 17.5 Å². The topological polar surface area (TPSA) is 139 Å². The lowest BCUT2D eigenvalue weighted by Crippen LogP contribution is -2.30. The van der Waals surface area contributed by atoms with Gasteiger partial charge in [-0.2, -0.15) is 4.98 Å². The number of nitrogens with two attached hydrogens (primary N) is 1. The summed E-state index contributed by atoms with van der Waals surface area (Å²) < 4.78 is 0. The summed E-state index contributed by atoms with van der Waals surface area (Å²) >= 11 is 0. The van der Waals surface area contributed by atoms with Crippen molar-refractivity contribution in [2.24, 2.45) is 23.5 Å². The van der Waals surface area contributed by atoms with Crippen LogP contribution < -0.4 is 16.4 Å². The Labute approximate surface area is 165 Å². The molecule has 0 spiro atoms. The SMILES string of the molecule is NCC1CCC(CNc2nc(NC[C@H]3CCCCC3O)ncc2[N+](=O)[O-])CC1. The van der Waals surface area contributed by atoms with E-state index in [2.05, 4.69) is 20.6 Å². The molecule has 1 aromatic heterocycles. The summed E-state index contributed by atoms with van der Waals surface area (Å²) in [5, 5.41) is 27.7. The molecule has 0 radical (unpaired) electrons. The van der Waals surface area contributed by atoms with E-state index in [0.29, 0.717) is 30.9 Å². The average molecular weight is 393 g/mol. The van der Waals surface area contributed by atoms with Crippen LogP contribution in [0.3, 0.4) is 0 Å². The minimum absolute atomic E-state index is 0.112. The summed E-state index contributed by atoms with van der Waals surface area (Å²) in [4.78, 5) is 19.3. The van der Waals surface area contributed by atoms with Gasteiger partial charge in [-0.05, 0) is 56.9 Å². The molecule has 2 saturated carbocycles. The lowest BCUT2D eigenvalue weighted by molar-refractivity contribution is -0.384. The number of nitro groups is 1. The van der Waals surface area contributed by atoms with Gasteiger partial charge in [-0.3, -0.25) is 10.1 Å². The second-order valence-electron chi connectivity index (χ2n) is 8.18. The molecule has 1 unspecified atom stereocenters. The van der Waals surface area contributed by atoms with Crippen LogP contribution in [0.25, 0.3) is 0 Å². The van der Waals surface area contributed by atoms with Gasteiger partial charge in [-0.15, -0.1) is 0 Å². The van der Waals surface area contributed by atoms with Crippen LogP contribution >= 0.6 is 0 Å². The molecule has 1 heterocycles. The predicted octanol–water partition coefficient (Wildman–Crippen LogP) is 2.52. The van der Waals surface area contributed by atoms with E-state index in [1.165, 1.54) is 6.20 Å². The zero-order valence-electron chi connectivity index (χ0n) is 16.3. The van der Waals surface area contributed by atoms with E-state index in [-0.39, 0.29) is 23.5 Å². The second-order valence-corrected chi connectivity index (χ2v) is 8.18. The van der Waals surface area contributed by atoms with Crippen molar-refractivity contribution in [2.45, 2.75) is 57.5 Å². The molecule has 2 fully saturated rings. The molecule has 1 aromatic rings. The molecule has 2 aliphatic rings. The molecule has 3 rings (SSSR count). The number of rotatable bonds is 8. The second kappa shape index (κ2) is 9.97. The van der Waals surface area contributed by atoms with Crippen molar-refractivity contribution >= 4 is 17.5 Å². The minimum atomic E-state index is -0.456. The molecule has 2 atom stereocenters. The van der Waals surface area contributed by atoms with Gasteiger partial charge in [0.25, 0.3) is 0 Å². The minimum Gasteiger partial charge on any atom is -0.393 e. The van der Waals surface area contributed by atoms with E-state index >= 15 is 0 Å². The molecule has 9 heteroatoms. The maximum Gasteiger partial charge on any atom is 0.329 e. The van der Waals surface area contributed by atoms with Gasteiger partial charge in [-0.25, -0.2) is 4.98 Å². The third kappa shape index (κ3) is 5.51. The van der Waals surface area contributed by atoms with E-state index in [0.717, 1.165) is 57.9 Å². The number of aromatic nitrogens is 2. The van der Waals surface area contributed by atoms with Crippen molar-refractivity contribution in [1.29, 1.82) is 0 Å². The molecule has 0 saturated heterocycles.